The minimum atomic E-state index is -4.39. The number of amides is 1. The number of hydrogen-bond acceptors (Lipinski definition) is 5. The molecule has 3 aromatic heterocycles. The summed E-state index contributed by atoms with van der Waals surface area (Å²) < 4.78 is 46.5. The Morgan fingerprint density at radius 2 is 1.86 bits per heavy atom. The molecule has 0 saturated carbocycles. The number of halogens is 3. The lowest BCUT2D eigenvalue weighted by Gasteiger charge is -2.11. The molecule has 2 aromatic carbocycles. The highest BCUT2D eigenvalue weighted by atomic mass is 32.2. The number of furan rings is 1. The maximum Gasteiger partial charge on any atom is 0.416 e. The Morgan fingerprint density at radius 3 is 2.62 bits per heavy atom. The number of rotatable bonds is 8. The van der Waals surface area contributed by atoms with Crippen molar-refractivity contribution in [3.8, 4) is 0 Å². The minimum Gasteiger partial charge on any atom is -0.467 e. The Bertz CT molecular complexity index is 1510. The fourth-order valence-corrected chi connectivity index (χ4v) is 4.78. The summed E-state index contributed by atoms with van der Waals surface area (Å²) in [6.07, 6.45) is 0.531. The molecule has 0 saturated heterocycles. The SMILES string of the molecule is O=C(NCc1ccco1)c1ccc(Cn2c(SCc3cccc(C(F)(F)F)c3)nc3ccncc32)cc1. The van der Waals surface area contributed by atoms with Gasteiger partial charge in [0.25, 0.3) is 5.91 Å². The number of benzene rings is 2. The second kappa shape index (κ2) is 10.5. The number of imidazole rings is 1. The molecule has 0 aliphatic heterocycles. The van der Waals surface area contributed by atoms with Crippen LogP contribution in [0, 0.1) is 0 Å². The highest BCUT2D eigenvalue weighted by Gasteiger charge is 2.30. The molecule has 0 spiro atoms. The predicted octanol–water partition coefficient (Wildman–Crippen LogP) is 6.31. The van der Waals surface area contributed by atoms with Crippen molar-refractivity contribution in [1.29, 1.82) is 0 Å². The lowest BCUT2D eigenvalue weighted by molar-refractivity contribution is -0.137. The molecule has 0 bridgehead atoms. The van der Waals surface area contributed by atoms with Crippen LogP contribution in [0.3, 0.4) is 0 Å². The van der Waals surface area contributed by atoms with E-state index in [1.54, 1.807) is 55.1 Å². The first-order valence-corrected chi connectivity index (χ1v) is 12.3. The number of aromatic nitrogens is 3. The van der Waals surface area contributed by atoms with E-state index in [-0.39, 0.29) is 5.91 Å². The van der Waals surface area contributed by atoms with Gasteiger partial charge in [0.1, 0.15) is 5.76 Å². The van der Waals surface area contributed by atoms with E-state index in [0.717, 1.165) is 28.7 Å². The van der Waals surface area contributed by atoms with E-state index >= 15 is 0 Å². The number of pyridine rings is 1. The van der Waals surface area contributed by atoms with Gasteiger partial charge in [-0.15, -0.1) is 0 Å². The number of nitrogens with zero attached hydrogens (tertiary/aromatic N) is 3. The molecule has 0 aliphatic rings. The number of nitrogens with one attached hydrogen (secondary N) is 1. The van der Waals surface area contributed by atoms with E-state index < -0.39 is 11.7 Å². The molecule has 0 radical (unpaired) electrons. The molecule has 188 valence electrons. The van der Waals surface area contributed by atoms with Gasteiger partial charge in [0.2, 0.25) is 0 Å². The Morgan fingerprint density at radius 1 is 1.03 bits per heavy atom. The summed E-state index contributed by atoms with van der Waals surface area (Å²) >= 11 is 1.36. The fraction of sp³-hybridized carbons (Fsp3) is 0.148. The number of alkyl halides is 3. The van der Waals surface area contributed by atoms with E-state index in [4.69, 9.17) is 4.42 Å². The zero-order chi connectivity index (χ0) is 25.8. The summed E-state index contributed by atoms with van der Waals surface area (Å²) in [7, 11) is 0. The third-order valence-corrected chi connectivity index (χ3v) is 6.75. The van der Waals surface area contributed by atoms with Crippen molar-refractivity contribution < 1.29 is 22.4 Å². The third kappa shape index (κ3) is 5.86. The van der Waals surface area contributed by atoms with E-state index in [1.165, 1.54) is 17.8 Å². The van der Waals surface area contributed by atoms with Crippen LogP contribution in [-0.2, 0) is 25.0 Å². The average molecular weight is 523 g/mol. The van der Waals surface area contributed by atoms with Crippen LogP contribution in [0.5, 0.6) is 0 Å². The van der Waals surface area contributed by atoms with E-state index in [0.29, 0.717) is 40.9 Å². The average Bonchev–Trinajstić information content (AvgIpc) is 3.54. The van der Waals surface area contributed by atoms with Crippen molar-refractivity contribution >= 4 is 28.7 Å². The zero-order valence-electron chi connectivity index (χ0n) is 19.4. The highest BCUT2D eigenvalue weighted by Crippen LogP contribution is 2.32. The lowest BCUT2D eigenvalue weighted by Crippen LogP contribution is -2.22. The van der Waals surface area contributed by atoms with Crippen LogP contribution in [0.15, 0.2) is 95.0 Å². The van der Waals surface area contributed by atoms with Gasteiger partial charge in [-0.1, -0.05) is 42.1 Å². The quantitative estimate of drug-likeness (QED) is 0.242. The van der Waals surface area contributed by atoms with Crippen molar-refractivity contribution in [2.75, 3.05) is 0 Å². The zero-order valence-corrected chi connectivity index (χ0v) is 20.2. The van der Waals surface area contributed by atoms with Crippen molar-refractivity contribution in [2.24, 2.45) is 0 Å². The Balaban J connectivity index is 1.32. The molecule has 3 heterocycles. The van der Waals surface area contributed by atoms with Crippen LogP contribution in [0.4, 0.5) is 13.2 Å². The maximum atomic E-state index is 13.1. The summed E-state index contributed by atoms with van der Waals surface area (Å²) in [5, 5.41) is 3.48. The fourth-order valence-electron chi connectivity index (χ4n) is 3.82. The van der Waals surface area contributed by atoms with Crippen molar-refractivity contribution in [2.45, 2.75) is 30.2 Å². The second-order valence-corrected chi connectivity index (χ2v) is 9.23. The summed E-state index contributed by atoms with van der Waals surface area (Å²) in [6, 6.07) is 17.9. The smallest absolute Gasteiger partial charge is 0.416 e. The summed E-state index contributed by atoms with van der Waals surface area (Å²) in [5.41, 5.74) is 2.90. The van der Waals surface area contributed by atoms with Crippen molar-refractivity contribution in [1.82, 2.24) is 19.9 Å². The second-order valence-electron chi connectivity index (χ2n) is 8.29. The monoisotopic (exact) mass is 522 g/mol. The molecular weight excluding hydrogens is 501 g/mol. The summed E-state index contributed by atoms with van der Waals surface area (Å²) in [6.45, 7) is 0.759. The van der Waals surface area contributed by atoms with Gasteiger partial charge in [0.15, 0.2) is 5.16 Å². The van der Waals surface area contributed by atoms with Crippen molar-refractivity contribution in [3.63, 3.8) is 0 Å². The normalized spacial score (nSPS) is 11.6. The molecule has 0 unspecified atom stereocenters. The van der Waals surface area contributed by atoms with Gasteiger partial charge in [-0.05, 0) is 47.5 Å². The first kappa shape index (κ1) is 24.6. The number of fused-ring (bicyclic) bond motifs is 1. The Kier molecular flexibility index (Phi) is 7.00. The summed E-state index contributed by atoms with van der Waals surface area (Å²) in [4.78, 5) is 21.3. The van der Waals surface area contributed by atoms with E-state index in [1.807, 2.05) is 16.7 Å². The number of carbonyl (C=O) groups excluding carboxylic acids is 1. The molecule has 37 heavy (non-hydrogen) atoms. The molecule has 0 fully saturated rings. The predicted molar refractivity (Wildman–Crippen MR) is 134 cm³/mol. The number of hydrogen-bond donors (Lipinski definition) is 1. The van der Waals surface area contributed by atoms with Gasteiger partial charge in [0, 0.05) is 17.5 Å². The molecule has 5 rings (SSSR count). The van der Waals surface area contributed by atoms with Crippen LogP contribution in [-0.4, -0.2) is 20.4 Å². The number of thioether (sulfide) groups is 1. The lowest BCUT2D eigenvalue weighted by atomic mass is 10.1. The van der Waals surface area contributed by atoms with Gasteiger partial charge in [-0.25, -0.2) is 4.98 Å². The molecule has 10 heteroatoms. The highest BCUT2D eigenvalue weighted by molar-refractivity contribution is 7.98. The van der Waals surface area contributed by atoms with Gasteiger partial charge in [-0.3, -0.25) is 9.78 Å². The molecule has 0 aliphatic carbocycles. The summed E-state index contributed by atoms with van der Waals surface area (Å²) in [5.74, 6) is 0.786. The minimum absolute atomic E-state index is 0.211. The van der Waals surface area contributed by atoms with Crippen molar-refractivity contribution in [3.05, 3.63) is 113 Å². The Hall–Kier alpha value is -4.05. The Labute approximate surface area is 214 Å². The first-order chi connectivity index (χ1) is 17.9. The molecule has 0 atom stereocenters. The molecular formula is C27H21F3N4O2S. The standard InChI is InChI=1S/C27H21F3N4O2S/c28-27(29,30)21-4-1-3-19(13-21)17-37-26-33-23-10-11-31-15-24(23)34(26)16-18-6-8-20(9-7-18)25(35)32-14-22-5-2-12-36-22/h1-13,15H,14,16-17H2,(H,32,35). The third-order valence-electron chi connectivity index (χ3n) is 5.70. The van der Waals surface area contributed by atoms with Gasteiger partial charge < -0.3 is 14.3 Å². The maximum absolute atomic E-state index is 13.1. The number of carbonyl (C=O) groups is 1. The van der Waals surface area contributed by atoms with Gasteiger partial charge in [0.05, 0.1) is 42.1 Å². The van der Waals surface area contributed by atoms with Crippen LogP contribution >= 0.6 is 11.8 Å². The first-order valence-electron chi connectivity index (χ1n) is 11.4. The molecule has 1 amide bonds. The van der Waals surface area contributed by atoms with Crippen LogP contribution < -0.4 is 5.32 Å². The van der Waals surface area contributed by atoms with E-state index in [2.05, 4.69) is 15.3 Å². The largest absolute Gasteiger partial charge is 0.467 e. The molecule has 1 N–H and O–H groups in total. The van der Waals surface area contributed by atoms with E-state index in [9.17, 15) is 18.0 Å². The van der Waals surface area contributed by atoms with Gasteiger partial charge >= 0.3 is 6.18 Å². The van der Waals surface area contributed by atoms with Crippen LogP contribution in [0.25, 0.3) is 11.0 Å². The van der Waals surface area contributed by atoms with Gasteiger partial charge in [-0.2, -0.15) is 13.2 Å². The van der Waals surface area contributed by atoms with Crippen LogP contribution in [0.1, 0.15) is 32.8 Å². The van der Waals surface area contributed by atoms with Crippen LogP contribution in [0.2, 0.25) is 0 Å². The molecule has 5 aromatic rings. The molecule has 6 nitrogen and oxygen atoms in total. The topological polar surface area (TPSA) is 73.0 Å².